The van der Waals surface area contributed by atoms with Crippen LogP contribution in [0.1, 0.15) is 27.5 Å². The normalized spacial score (nSPS) is 12.3. The van der Waals surface area contributed by atoms with Crippen molar-refractivity contribution in [2.45, 2.75) is 12.2 Å². The predicted molar refractivity (Wildman–Crippen MR) is 138 cm³/mol. The number of hydrogen-bond acceptors (Lipinski definition) is 6. The van der Waals surface area contributed by atoms with Crippen molar-refractivity contribution < 1.29 is 37.3 Å². The van der Waals surface area contributed by atoms with Crippen molar-refractivity contribution in [3.63, 3.8) is 0 Å². The van der Waals surface area contributed by atoms with Gasteiger partial charge in [0.15, 0.2) is 5.78 Å². The van der Waals surface area contributed by atoms with E-state index in [0.717, 1.165) is 12.1 Å². The number of aliphatic hydroxyl groups is 1. The number of benzene rings is 3. The van der Waals surface area contributed by atoms with Crippen LogP contribution in [-0.4, -0.2) is 43.3 Å². The fourth-order valence-corrected chi connectivity index (χ4v) is 4.21. The van der Waals surface area contributed by atoms with Gasteiger partial charge in [-0.3, -0.25) is 4.79 Å². The smallest absolute Gasteiger partial charge is 0.416 e. The molecule has 11 heteroatoms. The van der Waals surface area contributed by atoms with Crippen LogP contribution in [0, 0.1) is 0 Å². The molecule has 38 heavy (non-hydrogen) atoms. The lowest BCUT2D eigenvalue weighted by atomic mass is 9.95. The number of ether oxygens (including phenoxy) is 3. The molecule has 4 aromatic rings. The molecule has 7 nitrogen and oxygen atoms in total. The minimum atomic E-state index is -4.58. The Labute approximate surface area is 221 Å². The molecule has 0 amide bonds. The number of aromatic nitrogens is 1. The lowest BCUT2D eigenvalue weighted by molar-refractivity contribution is -0.137. The topological polar surface area (TPSA) is 92.8 Å². The second-order valence-electron chi connectivity index (χ2n) is 8.26. The summed E-state index contributed by atoms with van der Waals surface area (Å²) in [6.45, 7) is -0.166. The Morgan fingerprint density at radius 3 is 2.50 bits per heavy atom. The third-order valence-electron chi connectivity index (χ3n) is 5.83. The van der Waals surface area contributed by atoms with Crippen molar-refractivity contribution in [1.82, 2.24) is 4.98 Å². The maximum atomic E-state index is 14.0. The Kier molecular flexibility index (Phi) is 8.03. The van der Waals surface area contributed by atoms with E-state index in [9.17, 15) is 18.0 Å². The van der Waals surface area contributed by atoms with Crippen molar-refractivity contribution >= 4 is 34.0 Å². The number of carbonyl (C=O) groups excluding carboxylic acids is 1. The zero-order valence-corrected chi connectivity index (χ0v) is 21.1. The second-order valence-corrected chi connectivity index (χ2v) is 8.69. The SMILES string of the molecule is COc1cc(NC(C(=O)c2c[nH]c3ccc(C(F)(F)F)cc23)c2ccc(Cl)cc2OC)cc(OCCO)c1. The first-order valence-electron chi connectivity index (χ1n) is 11.4. The minimum Gasteiger partial charge on any atom is -0.497 e. The summed E-state index contributed by atoms with van der Waals surface area (Å²) in [6, 6.07) is 11.7. The van der Waals surface area contributed by atoms with Gasteiger partial charge < -0.3 is 29.6 Å². The highest BCUT2D eigenvalue weighted by Gasteiger charge is 2.32. The zero-order valence-electron chi connectivity index (χ0n) is 20.4. The lowest BCUT2D eigenvalue weighted by Gasteiger charge is -2.22. The molecule has 0 bridgehead atoms. The van der Waals surface area contributed by atoms with Gasteiger partial charge in [0.25, 0.3) is 0 Å². The van der Waals surface area contributed by atoms with Crippen LogP contribution in [0.25, 0.3) is 10.9 Å². The van der Waals surface area contributed by atoms with Gasteiger partial charge in [-0.05, 0) is 30.3 Å². The zero-order chi connectivity index (χ0) is 27.4. The number of ketones is 1. The molecule has 0 aliphatic rings. The largest absolute Gasteiger partial charge is 0.497 e. The van der Waals surface area contributed by atoms with Gasteiger partial charge in [-0.25, -0.2) is 0 Å². The summed E-state index contributed by atoms with van der Waals surface area (Å²) in [5.74, 6) is 0.576. The Morgan fingerprint density at radius 1 is 1.05 bits per heavy atom. The number of anilines is 1. The second kappa shape index (κ2) is 11.2. The van der Waals surface area contributed by atoms with Crippen LogP contribution < -0.4 is 19.5 Å². The van der Waals surface area contributed by atoms with E-state index in [4.69, 9.17) is 30.9 Å². The number of nitrogens with one attached hydrogen (secondary N) is 2. The number of hydrogen-bond donors (Lipinski definition) is 3. The lowest BCUT2D eigenvalue weighted by Crippen LogP contribution is -2.22. The van der Waals surface area contributed by atoms with Crippen LogP contribution in [0.3, 0.4) is 0 Å². The average molecular weight is 549 g/mol. The molecule has 1 unspecified atom stereocenters. The maximum Gasteiger partial charge on any atom is 0.416 e. The molecule has 0 aliphatic carbocycles. The van der Waals surface area contributed by atoms with Gasteiger partial charge in [-0.2, -0.15) is 13.2 Å². The molecule has 0 radical (unpaired) electrons. The molecule has 4 rings (SSSR count). The fourth-order valence-electron chi connectivity index (χ4n) is 4.05. The maximum absolute atomic E-state index is 14.0. The van der Waals surface area contributed by atoms with Crippen molar-refractivity contribution in [2.75, 3.05) is 32.8 Å². The molecule has 3 aromatic carbocycles. The number of aliphatic hydroxyl groups excluding tert-OH is 1. The molecule has 0 aliphatic heterocycles. The summed E-state index contributed by atoms with van der Waals surface area (Å²) in [5.41, 5.74) is 0.391. The predicted octanol–water partition coefficient (Wildman–Crippen LogP) is 6.26. The van der Waals surface area contributed by atoms with Crippen LogP contribution in [0.4, 0.5) is 18.9 Å². The van der Waals surface area contributed by atoms with Gasteiger partial charge >= 0.3 is 6.18 Å². The van der Waals surface area contributed by atoms with Gasteiger partial charge in [0, 0.05) is 57.1 Å². The average Bonchev–Trinajstić information content (AvgIpc) is 3.33. The minimum absolute atomic E-state index is 0.0385. The van der Waals surface area contributed by atoms with Gasteiger partial charge in [-0.1, -0.05) is 17.7 Å². The number of H-pyrrole nitrogens is 1. The number of fused-ring (bicyclic) bond motifs is 1. The summed E-state index contributed by atoms with van der Waals surface area (Å²) in [4.78, 5) is 16.9. The standard InChI is InChI=1S/C27H24ClF3N2O5/c1-36-18-11-17(12-19(13-18)38-8-7-34)33-25(20-5-4-16(28)10-24(20)37-2)26(35)22-14-32-23-6-3-15(9-21(22)23)27(29,30)31/h3-6,9-14,25,32-34H,7-8H2,1-2H3. The van der Waals surface area contributed by atoms with E-state index < -0.39 is 23.6 Å². The molecule has 1 aromatic heterocycles. The number of alkyl halides is 3. The molecule has 1 heterocycles. The Balaban J connectivity index is 1.83. The third kappa shape index (κ3) is 5.81. The summed E-state index contributed by atoms with van der Waals surface area (Å²) in [6.07, 6.45) is -3.19. The highest BCUT2D eigenvalue weighted by molar-refractivity contribution is 6.30. The van der Waals surface area contributed by atoms with E-state index in [0.29, 0.717) is 39.0 Å². The number of aromatic amines is 1. The van der Waals surface area contributed by atoms with Gasteiger partial charge in [-0.15, -0.1) is 0 Å². The number of rotatable bonds is 10. The number of halogens is 4. The van der Waals surface area contributed by atoms with Crippen LogP contribution in [0.15, 0.2) is 60.8 Å². The van der Waals surface area contributed by atoms with E-state index in [-0.39, 0.29) is 24.2 Å². The van der Waals surface area contributed by atoms with E-state index in [1.54, 1.807) is 30.3 Å². The van der Waals surface area contributed by atoms with Crippen molar-refractivity contribution in [1.29, 1.82) is 0 Å². The molecule has 1 atom stereocenters. The first-order chi connectivity index (χ1) is 18.1. The molecule has 0 saturated heterocycles. The number of carbonyl (C=O) groups is 1. The molecular formula is C27H24ClF3N2O5. The molecule has 200 valence electrons. The number of Topliss-reactive ketones (excluding diaryl/α,β-unsaturated/α-hetero) is 1. The van der Waals surface area contributed by atoms with Crippen molar-refractivity contribution in [2.24, 2.45) is 0 Å². The van der Waals surface area contributed by atoms with E-state index in [2.05, 4.69) is 10.3 Å². The quantitative estimate of drug-likeness (QED) is 0.202. The summed E-state index contributed by atoms with van der Waals surface area (Å²) < 4.78 is 56.6. The van der Waals surface area contributed by atoms with E-state index in [1.807, 2.05) is 0 Å². The summed E-state index contributed by atoms with van der Waals surface area (Å²) in [7, 11) is 2.88. The fraction of sp³-hybridized carbons (Fsp3) is 0.222. The van der Waals surface area contributed by atoms with Crippen LogP contribution >= 0.6 is 11.6 Å². The van der Waals surface area contributed by atoms with Crippen LogP contribution in [0.5, 0.6) is 17.2 Å². The third-order valence-corrected chi connectivity index (χ3v) is 6.07. The van der Waals surface area contributed by atoms with E-state index >= 15 is 0 Å². The van der Waals surface area contributed by atoms with Crippen molar-refractivity contribution in [3.05, 3.63) is 82.5 Å². The van der Waals surface area contributed by atoms with Gasteiger partial charge in [0.05, 0.1) is 26.4 Å². The first kappa shape index (κ1) is 27.2. The molecule has 3 N–H and O–H groups in total. The van der Waals surface area contributed by atoms with Crippen molar-refractivity contribution in [3.8, 4) is 17.2 Å². The highest BCUT2D eigenvalue weighted by Crippen LogP contribution is 2.37. The first-order valence-corrected chi connectivity index (χ1v) is 11.8. The van der Waals surface area contributed by atoms with Crippen LogP contribution in [-0.2, 0) is 6.18 Å². The Hall–Kier alpha value is -3.89. The summed E-state index contributed by atoms with van der Waals surface area (Å²) in [5, 5.41) is 12.8. The van der Waals surface area contributed by atoms with Gasteiger partial charge in [0.2, 0.25) is 0 Å². The van der Waals surface area contributed by atoms with Crippen LogP contribution in [0.2, 0.25) is 5.02 Å². The Morgan fingerprint density at radius 2 is 1.82 bits per heavy atom. The molecule has 0 fully saturated rings. The number of methoxy groups -OCH3 is 2. The Bertz CT molecular complexity index is 1450. The molecular weight excluding hydrogens is 525 g/mol. The van der Waals surface area contributed by atoms with Gasteiger partial charge in [0.1, 0.15) is 29.9 Å². The highest BCUT2D eigenvalue weighted by atomic mass is 35.5. The van der Waals surface area contributed by atoms with E-state index in [1.165, 1.54) is 32.5 Å². The monoisotopic (exact) mass is 548 g/mol. The summed E-state index contributed by atoms with van der Waals surface area (Å²) >= 11 is 6.14. The molecule has 0 saturated carbocycles. The molecule has 0 spiro atoms.